The molecule has 1 heterocycles. The number of rotatable bonds is 3. The van der Waals surface area contributed by atoms with E-state index in [4.69, 9.17) is 4.74 Å². The molecule has 0 bridgehead atoms. The summed E-state index contributed by atoms with van der Waals surface area (Å²) in [5, 5.41) is -0.525. The third-order valence-corrected chi connectivity index (χ3v) is 3.44. The molecule has 1 atom stereocenters. The Hall–Kier alpha value is -1.69. The molecular weight excluding hydrogens is 257 g/mol. The lowest BCUT2D eigenvalue weighted by Crippen LogP contribution is -2.25. The summed E-state index contributed by atoms with van der Waals surface area (Å²) >= 11 is 1.03. The summed E-state index contributed by atoms with van der Waals surface area (Å²) in [5.41, 5.74) is 0.613. The van der Waals surface area contributed by atoms with Gasteiger partial charge in [-0.2, -0.15) is 0 Å². The monoisotopic (exact) mass is 267 g/mol. The Morgan fingerprint density at radius 1 is 1.44 bits per heavy atom. The molecule has 0 radical (unpaired) electrons. The lowest BCUT2D eigenvalue weighted by Gasteiger charge is -2.05. The molecular formula is C12H10FNO3S. The van der Waals surface area contributed by atoms with E-state index in [-0.39, 0.29) is 12.4 Å². The molecule has 0 aromatic heterocycles. The summed E-state index contributed by atoms with van der Waals surface area (Å²) in [5.74, 6) is -1.48. The van der Waals surface area contributed by atoms with Gasteiger partial charge < -0.3 is 4.74 Å². The molecule has 0 fully saturated rings. The quantitative estimate of drug-likeness (QED) is 0.618. The fourth-order valence-electron chi connectivity index (χ4n) is 1.44. The van der Waals surface area contributed by atoms with Gasteiger partial charge in [0.1, 0.15) is 10.9 Å². The van der Waals surface area contributed by atoms with E-state index in [1.54, 1.807) is 6.92 Å². The van der Waals surface area contributed by atoms with Gasteiger partial charge in [-0.1, -0.05) is 11.8 Å². The van der Waals surface area contributed by atoms with Crippen molar-refractivity contribution in [2.45, 2.75) is 12.2 Å². The van der Waals surface area contributed by atoms with Crippen molar-refractivity contribution in [3.63, 3.8) is 0 Å². The summed E-state index contributed by atoms with van der Waals surface area (Å²) < 4.78 is 17.6. The molecule has 1 aromatic rings. The van der Waals surface area contributed by atoms with Crippen LogP contribution in [0.15, 0.2) is 29.3 Å². The van der Waals surface area contributed by atoms with Gasteiger partial charge in [0.25, 0.3) is 5.91 Å². The van der Waals surface area contributed by atoms with Crippen LogP contribution in [-0.2, 0) is 14.3 Å². The van der Waals surface area contributed by atoms with Gasteiger partial charge in [-0.3, -0.25) is 9.59 Å². The molecule has 1 unspecified atom stereocenters. The zero-order chi connectivity index (χ0) is 13.1. The Morgan fingerprint density at radius 3 is 2.72 bits per heavy atom. The van der Waals surface area contributed by atoms with Gasteiger partial charge in [0.05, 0.1) is 6.61 Å². The average Bonchev–Trinajstić information content (AvgIpc) is 2.72. The molecule has 0 spiro atoms. The normalized spacial score (nSPS) is 18.7. The predicted molar refractivity (Wildman–Crippen MR) is 66.0 cm³/mol. The first kappa shape index (κ1) is 12.8. The fourth-order valence-corrected chi connectivity index (χ4v) is 2.39. The number of amides is 1. The van der Waals surface area contributed by atoms with Gasteiger partial charge in [-0.05, 0) is 31.2 Å². The maximum absolute atomic E-state index is 12.8. The minimum Gasteiger partial charge on any atom is -0.465 e. The molecule has 1 aromatic carbocycles. The highest BCUT2D eigenvalue weighted by molar-refractivity contribution is 8.16. The van der Waals surface area contributed by atoms with E-state index >= 15 is 0 Å². The molecule has 0 aliphatic carbocycles. The molecule has 0 N–H and O–H groups in total. The predicted octanol–water partition coefficient (Wildman–Crippen LogP) is 1.78. The van der Waals surface area contributed by atoms with Gasteiger partial charge in [0.2, 0.25) is 0 Å². The highest BCUT2D eigenvalue weighted by Gasteiger charge is 2.36. The number of nitrogens with zero attached hydrogens (tertiary/aromatic N) is 1. The van der Waals surface area contributed by atoms with Gasteiger partial charge in [-0.15, -0.1) is 0 Å². The Bertz CT molecular complexity index is 513. The number of hydrogen-bond donors (Lipinski definition) is 0. The van der Waals surface area contributed by atoms with Crippen LogP contribution in [0.25, 0.3) is 0 Å². The highest BCUT2D eigenvalue weighted by Crippen LogP contribution is 2.27. The number of carbonyl (C=O) groups excluding carboxylic acids is 2. The van der Waals surface area contributed by atoms with Crippen LogP contribution in [0.2, 0.25) is 0 Å². The van der Waals surface area contributed by atoms with Crippen LogP contribution >= 0.6 is 11.8 Å². The van der Waals surface area contributed by atoms with Crippen molar-refractivity contribution in [3.8, 4) is 0 Å². The summed E-state index contributed by atoms with van der Waals surface area (Å²) in [7, 11) is 0. The van der Waals surface area contributed by atoms with Crippen molar-refractivity contribution < 1.29 is 18.7 Å². The maximum Gasteiger partial charge on any atom is 0.329 e. The third-order valence-electron chi connectivity index (χ3n) is 2.26. The SMILES string of the molecule is CCOC(=O)C1SC(c2ccc(F)cc2)=NC1=O. The first-order valence-corrected chi connectivity index (χ1v) is 6.21. The standard InChI is InChI=1S/C12H10FNO3S/c1-2-17-12(16)9-10(15)14-11(18-9)7-3-5-8(13)6-4-7/h3-6,9H,2H2,1H3. The third kappa shape index (κ3) is 2.59. The van der Waals surface area contributed by atoms with Crippen molar-refractivity contribution in [1.29, 1.82) is 0 Å². The summed E-state index contributed by atoms with van der Waals surface area (Å²) in [6.45, 7) is 1.89. The number of carbonyl (C=O) groups is 2. The number of thioether (sulfide) groups is 1. The average molecular weight is 267 g/mol. The summed E-state index contributed by atoms with van der Waals surface area (Å²) in [4.78, 5) is 26.8. The zero-order valence-corrected chi connectivity index (χ0v) is 10.4. The zero-order valence-electron chi connectivity index (χ0n) is 9.55. The lowest BCUT2D eigenvalue weighted by atomic mass is 10.2. The van der Waals surface area contributed by atoms with E-state index in [0.717, 1.165) is 11.8 Å². The molecule has 0 saturated heterocycles. The Labute approximate surface area is 107 Å². The second-order valence-electron chi connectivity index (χ2n) is 3.51. The molecule has 4 nitrogen and oxygen atoms in total. The van der Waals surface area contributed by atoms with E-state index in [2.05, 4.69) is 4.99 Å². The molecule has 0 saturated carbocycles. The number of ether oxygens (including phenoxy) is 1. The molecule has 1 aliphatic heterocycles. The molecule has 1 aliphatic rings. The van der Waals surface area contributed by atoms with E-state index in [0.29, 0.717) is 10.6 Å². The first-order valence-electron chi connectivity index (χ1n) is 5.33. The first-order chi connectivity index (χ1) is 8.61. The molecule has 94 valence electrons. The van der Waals surface area contributed by atoms with E-state index < -0.39 is 17.1 Å². The number of esters is 1. The number of aliphatic imine (C=N–C) groups is 1. The van der Waals surface area contributed by atoms with Gasteiger partial charge >= 0.3 is 5.97 Å². The van der Waals surface area contributed by atoms with Crippen LogP contribution in [0, 0.1) is 5.82 Å². The van der Waals surface area contributed by atoms with Gasteiger partial charge in [0.15, 0.2) is 5.25 Å². The van der Waals surface area contributed by atoms with Crippen LogP contribution in [0.3, 0.4) is 0 Å². The minimum atomic E-state index is -0.940. The molecule has 18 heavy (non-hydrogen) atoms. The molecule has 1 amide bonds. The van der Waals surface area contributed by atoms with Crippen molar-refractivity contribution in [1.82, 2.24) is 0 Å². The lowest BCUT2D eigenvalue weighted by molar-refractivity contribution is -0.144. The Kier molecular flexibility index (Phi) is 3.76. The van der Waals surface area contributed by atoms with Crippen molar-refractivity contribution >= 4 is 28.7 Å². The largest absolute Gasteiger partial charge is 0.465 e. The maximum atomic E-state index is 12.8. The summed E-state index contributed by atoms with van der Waals surface area (Å²) in [6.07, 6.45) is 0. The van der Waals surface area contributed by atoms with Crippen LogP contribution in [0.4, 0.5) is 4.39 Å². The van der Waals surface area contributed by atoms with Gasteiger partial charge in [-0.25, -0.2) is 9.38 Å². The minimum absolute atomic E-state index is 0.217. The van der Waals surface area contributed by atoms with E-state index in [1.165, 1.54) is 24.3 Å². The number of benzene rings is 1. The van der Waals surface area contributed by atoms with E-state index in [1.807, 2.05) is 0 Å². The van der Waals surface area contributed by atoms with Crippen LogP contribution in [0.1, 0.15) is 12.5 Å². The number of halogens is 1. The Balaban J connectivity index is 2.14. The summed E-state index contributed by atoms with van der Waals surface area (Å²) in [6, 6.07) is 5.59. The van der Waals surface area contributed by atoms with Crippen molar-refractivity contribution in [3.05, 3.63) is 35.6 Å². The second-order valence-corrected chi connectivity index (χ2v) is 4.61. The fraction of sp³-hybridized carbons (Fsp3) is 0.250. The number of hydrogen-bond acceptors (Lipinski definition) is 4. The molecule has 2 rings (SSSR count). The van der Waals surface area contributed by atoms with Crippen LogP contribution in [-0.4, -0.2) is 28.8 Å². The van der Waals surface area contributed by atoms with Crippen LogP contribution < -0.4 is 0 Å². The van der Waals surface area contributed by atoms with Crippen LogP contribution in [0.5, 0.6) is 0 Å². The highest BCUT2D eigenvalue weighted by atomic mass is 32.2. The van der Waals surface area contributed by atoms with E-state index in [9.17, 15) is 14.0 Å². The van der Waals surface area contributed by atoms with Gasteiger partial charge in [0, 0.05) is 5.56 Å². The van der Waals surface area contributed by atoms with Crippen molar-refractivity contribution in [2.75, 3.05) is 6.61 Å². The van der Waals surface area contributed by atoms with Crippen molar-refractivity contribution in [2.24, 2.45) is 4.99 Å². The Morgan fingerprint density at radius 2 is 2.11 bits per heavy atom. The molecule has 6 heteroatoms. The topological polar surface area (TPSA) is 55.7 Å². The second kappa shape index (κ2) is 5.30. The smallest absolute Gasteiger partial charge is 0.329 e.